The van der Waals surface area contributed by atoms with Crippen molar-refractivity contribution < 1.29 is 9.53 Å². The molecular weight excluding hydrogens is 242 g/mol. The third kappa shape index (κ3) is 6.10. The van der Waals surface area contributed by atoms with Crippen LogP contribution in [0.1, 0.15) is 13.8 Å². The first-order valence-corrected chi connectivity index (χ1v) is 6.44. The molecule has 1 amide bonds. The van der Waals surface area contributed by atoms with Crippen molar-refractivity contribution in [3.05, 3.63) is 24.3 Å². The minimum Gasteiger partial charge on any atom is -0.484 e. The van der Waals surface area contributed by atoms with E-state index in [0.29, 0.717) is 24.0 Å². The van der Waals surface area contributed by atoms with Crippen LogP contribution in [0.2, 0.25) is 0 Å². The Kier molecular flexibility index (Phi) is 6.15. The lowest BCUT2D eigenvalue weighted by atomic mass is 10.3. The quantitative estimate of drug-likeness (QED) is 0.725. The number of amides is 1. The molecule has 5 heteroatoms. The van der Waals surface area contributed by atoms with Gasteiger partial charge in [-0.25, -0.2) is 0 Å². The number of benzene rings is 1. The highest BCUT2D eigenvalue weighted by Crippen LogP contribution is 2.12. The molecule has 0 spiro atoms. The lowest BCUT2D eigenvalue weighted by Gasteiger charge is -2.20. The fourth-order valence-corrected chi connectivity index (χ4v) is 1.39. The Morgan fingerprint density at radius 1 is 1.37 bits per heavy atom. The maximum atomic E-state index is 11.6. The molecule has 0 heterocycles. The number of likely N-dealkylation sites (N-methyl/N-ethyl adjacent to an activating group) is 1. The molecule has 0 aliphatic heterocycles. The van der Waals surface area contributed by atoms with E-state index in [1.54, 1.807) is 24.3 Å². The molecule has 0 saturated heterocycles. The van der Waals surface area contributed by atoms with Crippen molar-refractivity contribution in [3.63, 3.8) is 0 Å². The van der Waals surface area contributed by atoms with E-state index in [1.165, 1.54) is 0 Å². The van der Waals surface area contributed by atoms with Gasteiger partial charge in [-0.2, -0.15) is 0 Å². The maximum Gasteiger partial charge on any atom is 0.257 e. The molecule has 0 fully saturated rings. The molecule has 19 heavy (non-hydrogen) atoms. The summed E-state index contributed by atoms with van der Waals surface area (Å²) in [5.41, 5.74) is 6.24. The van der Waals surface area contributed by atoms with Crippen molar-refractivity contribution in [3.8, 4) is 5.75 Å². The monoisotopic (exact) mass is 265 g/mol. The average Bonchev–Trinajstić information content (AvgIpc) is 2.37. The van der Waals surface area contributed by atoms with Gasteiger partial charge in [0.1, 0.15) is 5.75 Å². The molecule has 0 radical (unpaired) electrons. The van der Waals surface area contributed by atoms with Crippen LogP contribution in [0, 0.1) is 0 Å². The third-order valence-corrected chi connectivity index (χ3v) is 2.92. The first-order chi connectivity index (χ1) is 8.99. The number of nitrogen functional groups attached to an aromatic ring is 1. The molecule has 1 aromatic rings. The van der Waals surface area contributed by atoms with Gasteiger partial charge in [-0.15, -0.1) is 0 Å². The summed E-state index contributed by atoms with van der Waals surface area (Å²) in [6.07, 6.45) is 0. The molecule has 0 aliphatic rings. The summed E-state index contributed by atoms with van der Waals surface area (Å²) in [6, 6.07) is 7.45. The van der Waals surface area contributed by atoms with Crippen LogP contribution in [0.3, 0.4) is 0 Å². The van der Waals surface area contributed by atoms with E-state index in [0.717, 1.165) is 6.54 Å². The van der Waals surface area contributed by atoms with E-state index in [9.17, 15) is 4.79 Å². The number of rotatable bonds is 7. The predicted molar refractivity (Wildman–Crippen MR) is 77.1 cm³/mol. The molecule has 0 atom stereocenters. The van der Waals surface area contributed by atoms with E-state index in [-0.39, 0.29) is 12.5 Å². The van der Waals surface area contributed by atoms with Crippen molar-refractivity contribution in [1.29, 1.82) is 0 Å². The van der Waals surface area contributed by atoms with Gasteiger partial charge < -0.3 is 20.7 Å². The van der Waals surface area contributed by atoms with E-state index in [2.05, 4.69) is 24.1 Å². The van der Waals surface area contributed by atoms with Gasteiger partial charge in [-0.05, 0) is 45.2 Å². The van der Waals surface area contributed by atoms with Gasteiger partial charge in [0.15, 0.2) is 6.61 Å². The van der Waals surface area contributed by atoms with E-state index < -0.39 is 0 Å². The SMILES string of the molecule is CC(C)N(C)CCNC(=O)COc1ccc(N)cc1. The Morgan fingerprint density at radius 2 is 2.00 bits per heavy atom. The molecule has 1 aromatic carbocycles. The molecule has 0 bridgehead atoms. The number of carbonyl (C=O) groups excluding carboxylic acids is 1. The lowest BCUT2D eigenvalue weighted by molar-refractivity contribution is -0.123. The maximum absolute atomic E-state index is 11.6. The number of hydrogen-bond donors (Lipinski definition) is 2. The smallest absolute Gasteiger partial charge is 0.257 e. The van der Waals surface area contributed by atoms with Crippen LogP contribution in [0.5, 0.6) is 5.75 Å². The van der Waals surface area contributed by atoms with Crippen LogP contribution in [0.4, 0.5) is 5.69 Å². The van der Waals surface area contributed by atoms with Crippen LogP contribution >= 0.6 is 0 Å². The van der Waals surface area contributed by atoms with E-state index in [1.807, 2.05) is 7.05 Å². The van der Waals surface area contributed by atoms with E-state index >= 15 is 0 Å². The number of carbonyl (C=O) groups is 1. The summed E-state index contributed by atoms with van der Waals surface area (Å²) in [5, 5.41) is 2.82. The summed E-state index contributed by atoms with van der Waals surface area (Å²) in [4.78, 5) is 13.7. The van der Waals surface area contributed by atoms with Crippen molar-refractivity contribution in [2.75, 3.05) is 32.5 Å². The van der Waals surface area contributed by atoms with Gasteiger partial charge >= 0.3 is 0 Å². The molecule has 0 aliphatic carbocycles. The van der Waals surface area contributed by atoms with Crippen LogP contribution < -0.4 is 15.8 Å². The molecule has 1 rings (SSSR count). The number of nitrogens with one attached hydrogen (secondary N) is 1. The summed E-state index contributed by atoms with van der Waals surface area (Å²) < 4.78 is 5.35. The highest BCUT2D eigenvalue weighted by Gasteiger charge is 2.05. The molecule has 3 N–H and O–H groups in total. The normalized spacial score (nSPS) is 10.8. The highest BCUT2D eigenvalue weighted by molar-refractivity contribution is 5.77. The second-order valence-electron chi connectivity index (χ2n) is 4.78. The minimum atomic E-state index is -0.117. The standard InChI is InChI=1S/C14H23N3O2/c1-11(2)17(3)9-8-16-14(18)10-19-13-6-4-12(15)5-7-13/h4-7,11H,8-10,15H2,1-3H3,(H,16,18). The first kappa shape index (κ1) is 15.3. The fraction of sp³-hybridized carbons (Fsp3) is 0.500. The predicted octanol–water partition coefficient (Wildman–Crippen LogP) is 1.10. The van der Waals surface area contributed by atoms with Crippen LogP contribution in [0.25, 0.3) is 0 Å². The largest absolute Gasteiger partial charge is 0.484 e. The number of anilines is 1. The second kappa shape index (κ2) is 7.63. The summed E-state index contributed by atoms with van der Waals surface area (Å²) in [7, 11) is 2.03. The average molecular weight is 265 g/mol. The summed E-state index contributed by atoms with van der Waals surface area (Å²) in [5.74, 6) is 0.526. The lowest BCUT2D eigenvalue weighted by Crippen LogP contribution is -2.37. The summed E-state index contributed by atoms with van der Waals surface area (Å²) in [6.45, 7) is 5.71. The molecule has 0 aromatic heterocycles. The Labute approximate surface area is 114 Å². The number of nitrogens with two attached hydrogens (primary N) is 1. The first-order valence-electron chi connectivity index (χ1n) is 6.44. The molecule has 5 nitrogen and oxygen atoms in total. The molecule has 0 saturated carbocycles. The number of ether oxygens (including phenoxy) is 1. The number of nitrogens with zero attached hydrogens (tertiary/aromatic N) is 1. The highest BCUT2D eigenvalue weighted by atomic mass is 16.5. The zero-order valence-electron chi connectivity index (χ0n) is 11.8. The molecular formula is C14H23N3O2. The molecule has 106 valence electrons. The second-order valence-corrected chi connectivity index (χ2v) is 4.78. The molecule has 0 unspecified atom stereocenters. The Bertz CT molecular complexity index is 390. The Morgan fingerprint density at radius 3 is 2.58 bits per heavy atom. The van der Waals surface area contributed by atoms with E-state index in [4.69, 9.17) is 10.5 Å². The zero-order valence-corrected chi connectivity index (χ0v) is 11.8. The van der Waals surface area contributed by atoms with Crippen LogP contribution in [-0.2, 0) is 4.79 Å². The summed E-state index contributed by atoms with van der Waals surface area (Å²) >= 11 is 0. The van der Waals surface area contributed by atoms with Gasteiger partial charge in [0, 0.05) is 24.8 Å². The van der Waals surface area contributed by atoms with Gasteiger partial charge in [0.2, 0.25) is 0 Å². The van der Waals surface area contributed by atoms with Crippen molar-refractivity contribution in [2.24, 2.45) is 0 Å². The van der Waals surface area contributed by atoms with Gasteiger partial charge in [-0.1, -0.05) is 0 Å². The van der Waals surface area contributed by atoms with Crippen molar-refractivity contribution in [1.82, 2.24) is 10.2 Å². The minimum absolute atomic E-state index is 0.0231. The van der Waals surface area contributed by atoms with Crippen molar-refractivity contribution >= 4 is 11.6 Å². The van der Waals surface area contributed by atoms with Gasteiger partial charge in [-0.3, -0.25) is 4.79 Å². The van der Waals surface area contributed by atoms with Crippen LogP contribution in [0.15, 0.2) is 24.3 Å². The van der Waals surface area contributed by atoms with Gasteiger partial charge in [0.05, 0.1) is 0 Å². The zero-order chi connectivity index (χ0) is 14.3. The topological polar surface area (TPSA) is 67.6 Å². The Hall–Kier alpha value is -1.75. The number of hydrogen-bond acceptors (Lipinski definition) is 4. The van der Waals surface area contributed by atoms with Crippen LogP contribution in [-0.4, -0.2) is 43.6 Å². The van der Waals surface area contributed by atoms with Crippen molar-refractivity contribution in [2.45, 2.75) is 19.9 Å². The van der Waals surface area contributed by atoms with Gasteiger partial charge in [0.25, 0.3) is 5.91 Å². The fourth-order valence-electron chi connectivity index (χ4n) is 1.39. The third-order valence-electron chi connectivity index (χ3n) is 2.92. The Balaban J connectivity index is 2.19.